The molecule has 5 nitrogen and oxygen atoms in total. The zero-order chi connectivity index (χ0) is 17.7. The molecule has 2 N–H and O–H groups in total. The number of sulfonamides is 1. The first kappa shape index (κ1) is 18.2. The lowest BCUT2D eigenvalue weighted by atomic mass is 10.1. The lowest BCUT2D eigenvalue weighted by Crippen LogP contribution is -2.30. The van der Waals surface area contributed by atoms with Crippen LogP contribution in [0.25, 0.3) is 0 Å². The molecule has 6 heteroatoms. The van der Waals surface area contributed by atoms with E-state index in [0.717, 1.165) is 5.56 Å². The zero-order valence-electron chi connectivity index (χ0n) is 14.0. The molecule has 0 saturated heterocycles. The van der Waals surface area contributed by atoms with Crippen LogP contribution in [0.2, 0.25) is 0 Å². The van der Waals surface area contributed by atoms with Gasteiger partial charge in [-0.2, -0.15) is 0 Å². The van der Waals surface area contributed by atoms with Crippen molar-refractivity contribution in [3.8, 4) is 0 Å². The Morgan fingerprint density at radius 2 is 1.50 bits per heavy atom. The molecular formula is C18H22N2O3S. The van der Waals surface area contributed by atoms with Crippen LogP contribution in [0.4, 0.5) is 0 Å². The third kappa shape index (κ3) is 4.66. The molecule has 0 spiro atoms. The Hall–Kier alpha value is -2.18. The van der Waals surface area contributed by atoms with Gasteiger partial charge in [-0.25, -0.2) is 13.1 Å². The van der Waals surface area contributed by atoms with Crippen LogP contribution in [0.5, 0.6) is 0 Å². The van der Waals surface area contributed by atoms with Crippen LogP contribution < -0.4 is 10.0 Å². The topological polar surface area (TPSA) is 75.3 Å². The van der Waals surface area contributed by atoms with Gasteiger partial charge in [0.1, 0.15) is 0 Å². The van der Waals surface area contributed by atoms with Crippen molar-refractivity contribution in [1.29, 1.82) is 0 Å². The first-order chi connectivity index (χ1) is 11.3. The van der Waals surface area contributed by atoms with Gasteiger partial charge in [0.2, 0.25) is 10.0 Å². The Bertz CT molecular complexity index is 785. The highest BCUT2D eigenvalue weighted by atomic mass is 32.2. The number of hydrogen-bond donors (Lipinski definition) is 2. The van der Waals surface area contributed by atoms with Gasteiger partial charge in [0.25, 0.3) is 5.91 Å². The van der Waals surface area contributed by atoms with Gasteiger partial charge in [-0.1, -0.05) is 30.3 Å². The van der Waals surface area contributed by atoms with Gasteiger partial charge < -0.3 is 5.32 Å². The first-order valence-electron chi connectivity index (χ1n) is 7.78. The van der Waals surface area contributed by atoms with E-state index in [0.29, 0.717) is 5.56 Å². The number of benzene rings is 2. The molecule has 0 fully saturated rings. The Labute approximate surface area is 143 Å². The van der Waals surface area contributed by atoms with Crippen LogP contribution in [-0.2, 0) is 10.0 Å². The van der Waals surface area contributed by atoms with Gasteiger partial charge in [0.15, 0.2) is 0 Å². The van der Waals surface area contributed by atoms with Crippen molar-refractivity contribution >= 4 is 15.9 Å². The van der Waals surface area contributed by atoms with Gasteiger partial charge in [0, 0.05) is 11.6 Å². The molecule has 0 heterocycles. The summed E-state index contributed by atoms with van der Waals surface area (Å²) in [7, 11) is -3.55. The van der Waals surface area contributed by atoms with E-state index in [4.69, 9.17) is 0 Å². The minimum atomic E-state index is -3.55. The summed E-state index contributed by atoms with van der Waals surface area (Å²) >= 11 is 0. The molecule has 1 atom stereocenters. The number of carbonyl (C=O) groups excluding carboxylic acids is 1. The second kappa shape index (κ2) is 7.59. The van der Waals surface area contributed by atoms with Gasteiger partial charge in [-0.15, -0.1) is 0 Å². The normalized spacial score (nSPS) is 12.8. The molecule has 0 radical (unpaired) electrons. The molecule has 0 aromatic heterocycles. The maximum absolute atomic E-state index is 12.3. The Morgan fingerprint density at radius 1 is 0.917 bits per heavy atom. The number of nitrogens with one attached hydrogen (secondary N) is 2. The Morgan fingerprint density at radius 3 is 2.04 bits per heavy atom. The SMILES string of the molecule is CC(C)NS(=O)(=O)c1ccc(C(=O)NC(C)c2ccccc2)cc1. The van der Waals surface area contributed by atoms with E-state index in [-0.39, 0.29) is 22.9 Å². The first-order valence-corrected chi connectivity index (χ1v) is 9.26. The lowest BCUT2D eigenvalue weighted by molar-refractivity contribution is 0.0940. The second-order valence-corrected chi connectivity index (χ2v) is 7.62. The maximum atomic E-state index is 12.3. The molecular weight excluding hydrogens is 324 g/mol. The van der Waals surface area contributed by atoms with Crippen LogP contribution in [0.3, 0.4) is 0 Å². The van der Waals surface area contributed by atoms with E-state index >= 15 is 0 Å². The quantitative estimate of drug-likeness (QED) is 0.844. The highest BCUT2D eigenvalue weighted by molar-refractivity contribution is 7.89. The van der Waals surface area contributed by atoms with Crippen molar-refractivity contribution < 1.29 is 13.2 Å². The largest absolute Gasteiger partial charge is 0.346 e. The monoisotopic (exact) mass is 346 g/mol. The Kier molecular flexibility index (Phi) is 5.75. The maximum Gasteiger partial charge on any atom is 0.251 e. The van der Waals surface area contributed by atoms with Gasteiger partial charge >= 0.3 is 0 Å². The zero-order valence-corrected chi connectivity index (χ0v) is 14.8. The molecule has 2 rings (SSSR count). The van der Waals surface area contributed by atoms with E-state index in [1.54, 1.807) is 13.8 Å². The van der Waals surface area contributed by atoms with Crippen molar-refractivity contribution in [2.75, 3.05) is 0 Å². The molecule has 128 valence electrons. The molecule has 0 bridgehead atoms. The third-order valence-electron chi connectivity index (χ3n) is 3.46. The molecule has 0 saturated carbocycles. The van der Waals surface area contributed by atoms with Crippen LogP contribution in [0.15, 0.2) is 59.5 Å². The molecule has 1 unspecified atom stereocenters. The minimum absolute atomic E-state index is 0.135. The summed E-state index contributed by atoms with van der Waals surface area (Å²) < 4.78 is 26.7. The summed E-state index contributed by atoms with van der Waals surface area (Å²) in [5.74, 6) is -0.243. The van der Waals surface area contributed by atoms with Crippen molar-refractivity contribution in [1.82, 2.24) is 10.0 Å². The van der Waals surface area contributed by atoms with Crippen LogP contribution >= 0.6 is 0 Å². The predicted octanol–water partition coefficient (Wildman–Crippen LogP) is 2.86. The summed E-state index contributed by atoms with van der Waals surface area (Å²) in [6.07, 6.45) is 0. The van der Waals surface area contributed by atoms with Crippen molar-refractivity contribution in [3.05, 3.63) is 65.7 Å². The average Bonchev–Trinajstić information content (AvgIpc) is 2.54. The fourth-order valence-electron chi connectivity index (χ4n) is 2.27. The van der Waals surface area contributed by atoms with Crippen molar-refractivity contribution in [3.63, 3.8) is 0 Å². The average molecular weight is 346 g/mol. The van der Waals surface area contributed by atoms with Crippen LogP contribution in [0, 0.1) is 0 Å². The summed E-state index contributed by atoms with van der Waals surface area (Å²) in [5.41, 5.74) is 1.42. The van der Waals surface area contributed by atoms with Crippen LogP contribution in [-0.4, -0.2) is 20.4 Å². The van der Waals surface area contributed by atoms with E-state index < -0.39 is 10.0 Å². The predicted molar refractivity (Wildman–Crippen MR) is 94.2 cm³/mol. The summed E-state index contributed by atoms with van der Waals surface area (Å²) in [5, 5.41) is 2.90. The van der Waals surface area contributed by atoms with Gasteiger partial charge in [-0.3, -0.25) is 4.79 Å². The van der Waals surface area contributed by atoms with Crippen molar-refractivity contribution in [2.24, 2.45) is 0 Å². The van der Waals surface area contributed by atoms with E-state index in [9.17, 15) is 13.2 Å². The standard InChI is InChI=1S/C18H22N2O3S/c1-13(2)20-24(22,23)17-11-9-16(10-12-17)18(21)19-14(3)15-7-5-4-6-8-15/h4-14,20H,1-3H3,(H,19,21). The van der Waals surface area contributed by atoms with E-state index in [1.165, 1.54) is 24.3 Å². The smallest absolute Gasteiger partial charge is 0.251 e. The van der Waals surface area contributed by atoms with Gasteiger partial charge in [-0.05, 0) is 50.6 Å². The summed E-state index contributed by atoms with van der Waals surface area (Å²) in [6, 6.07) is 15.2. The molecule has 0 aliphatic carbocycles. The molecule has 24 heavy (non-hydrogen) atoms. The third-order valence-corrected chi connectivity index (χ3v) is 5.14. The summed E-state index contributed by atoms with van der Waals surface area (Å²) in [6.45, 7) is 5.41. The van der Waals surface area contributed by atoms with Crippen molar-refractivity contribution in [2.45, 2.75) is 37.8 Å². The molecule has 0 aliphatic rings. The highest BCUT2D eigenvalue weighted by Crippen LogP contribution is 2.14. The van der Waals surface area contributed by atoms with E-state index in [2.05, 4.69) is 10.0 Å². The molecule has 2 aromatic carbocycles. The molecule has 2 aromatic rings. The minimum Gasteiger partial charge on any atom is -0.346 e. The lowest BCUT2D eigenvalue weighted by Gasteiger charge is -2.14. The fraction of sp³-hybridized carbons (Fsp3) is 0.278. The molecule has 1 amide bonds. The number of amides is 1. The number of carbonyl (C=O) groups is 1. The molecule has 0 aliphatic heterocycles. The fourth-order valence-corrected chi connectivity index (χ4v) is 3.52. The van der Waals surface area contributed by atoms with Gasteiger partial charge in [0.05, 0.1) is 10.9 Å². The summed E-state index contributed by atoms with van der Waals surface area (Å²) in [4.78, 5) is 12.4. The second-order valence-electron chi connectivity index (χ2n) is 5.91. The Balaban J connectivity index is 2.09. The number of hydrogen-bond acceptors (Lipinski definition) is 3. The van der Waals surface area contributed by atoms with Crippen LogP contribution in [0.1, 0.15) is 42.7 Å². The van der Waals surface area contributed by atoms with E-state index in [1.807, 2.05) is 37.3 Å². The highest BCUT2D eigenvalue weighted by Gasteiger charge is 2.16. The number of rotatable bonds is 6.